The van der Waals surface area contributed by atoms with Crippen molar-refractivity contribution in [1.82, 2.24) is 14.8 Å². The molecule has 3 aromatic rings. The maximum Gasteiger partial charge on any atom is 0.287 e. The number of thiazole rings is 1. The van der Waals surface area contributed by atoms with E-state index < -0.39 is 0 Å². The maximum atomic E-state index is 11.8. The third-order valence-electron chi connectivity index (χ3n) is 3.39. The van der Waals surface area contributed by atoms with Gasteiger partial charge >= 0.3 is 0 Å². The van der Waals surface area contributed by atoms with Crippen LogP contribution in [0, 0.1) is 0 Å². The van der Waals surface area contributed by atoms with E-state index in [1.165, 1.54) is 4.68 Å². The number of hydrogen-bond donors (Lipinski definition) is 1. The Kier molecular flexibility index (Phi) is 3.90. The van der Waals surface area contributed by atoms with Crippen molar-refractivity contribution in [3.63, 3.8) is 0 Å². The SMILES string of the molecule is Cn1ncc(Nc2ccc3nc(C(C)(C)C)sc3c2)c(Cl)c1=O. The minimum absolute atomic E-state index is 0.0240. The van der Waals surface area contributed by atoms with E-state index in [1.807, 2.05) is 18.2 Å². The molecule has 5 nitrogen and oxygen atoms in total. The zero-order valence-corrected chi connectivity index (χ0v) is 14.9. The van der Waals surface area contributed by atoms with E-state index in [1.54, 1.807) is 24.6 Å². The average Bonchev–Trinajstić information content (AvgIpc) is 2.91. The lowest BCUT2D eigenvalue weighted by Crippen LogP contribution is -2.20. The molecule has 0 bridgehead atoms. The molecule has 0 atom stereocenters. The first kappa shape index (κ1) is 16.0. The highest BCUT2D eigenvalue weighted by molar-refractivity contribution is 7.18. The van der Waals surface area contributed by atoms with Gasteiger partial charge < -0.3 is 5.32 Å². The summed E-state index contributed by atoms with van der Waals surface area (Å²) >= 11 is 7.76. The molecule has 0 aliphatic heterocycles. The number of nitrogens with zero attached hydrogens (tertiary/aromatic N) is 3. The highest BCUT2D eigenvalue weighted by Crippen LogP contribution is 2.33. The van der Waals surface area contributed by atoms with Crippen LogP contribution in [0.25, 0.3) is 10.2 Å². The highest BCUT2D eigenvalue weighted by Gasteiger charge is 2.19. The normalized spacial score (nSPS) is 11.9. The van der Waals surface area contributed by atoms with E-state index in [0.717, 1.165) is 20.9 Å². The fraction of sp³-hybridized carbons (Fsp3) is 0.312. The summed E-state index contributed by atoms with van der Waals surface area (Å²) in [5.74, 6) is 0. The summed E-state index contributed by atoms with van der Waals surface area (Å²) in [6, 6.07) is 5.89. The largest absolute Gasteiger partial charge is 0.353 e. The van der Waals surface area contributed by atoms with Crippen LogP contribution in [0.1, 0.15) is 25.8 Å². The molecule has 23 heavy (non-hydrogen) atoms. The van der Waals surface area contributed by atoms with Gasteiger partial charge in [0.25, 0.3) is 5.56 Å². The molecule has 0 saturated heterocycles. The molecule has 0 fully saturated rings. The predicted octanol–water partition coefficient (Wildman–Crippen LogP) is 4.08. The van der Waals surface area contributed by atoms with Crippen LogP contribution in [-0.4, -0.2) is 14.8 Å². The van der Waals surface area contributed by atoms with E-state index in [9.17, 15) is 4.79 Å². The van der Waals surface area contributed by atoms with Crippen molar-refractivity contribution < 1.29 is 0 Å². The smallest absolute Gasteiger partial charge is 0.287 e. The van der Waals surface area contributed by atoms with Gasteiger partial charge in [-0.3, -0.25) is 4.79 Å². The van der Waals surface area contributed by atoms with Gasteiger partial charge in [-0.1, -0.05) is 32.4 Å². The second-order valence-corrected chi connectivity index (χ2v) is 7.79. The van der Waals surface area contributed by atoms with Crippen LogP contribution >= 0.6 is 22.9 Å². The number of nitrogens with one attached hydrogen (secondary N) is 1. The Labute approximate surface area is 142 Å². The van der Waals surface area contributed by atoms with Crippen LogP contribution in [0.4, 0.5) is 11.4 Å². The summed E-state index contributed by atoms with van der Waals surface area (Å²) in [6.07, 6.45) is 1.54. The molecule has 0 unspecified atom stereocenters. The monoisotopic (exact) mass is 348 g/mol. The van der Waals surface area contributed by atoms with Crippen molar-refractivity contribution in [3.8, 4) is 0 Å². The number of aromatic nitrogens is 3. The molecule has 1 aromatic carbocycles. The Bertz CT molecular complexity index is 939. The molecular weight excluding hydrogens is 332 g/mol. The molecule has 0 radical (unpaired) electrons. The minimum Gasteiger partial charge on any atom is -0.353 e. The van der Waals surface area contributed by atoms with E-state index in [4.69, 9.17) is 11.6 Å². The molecule has 2 aromatic heterocycles. The average molecular weight is 349 g/mol. The first-order chi connectivity index (χ1) is 10.8. The number of benzene rings is 1. The Morgan fingerprint density at radius 2 is 2.04 bits per heavy atom. The van der Waals surface area contributed by atoms with Gasteiger partial charge in [-0.2, -0.15) is 5.10 Å². The lowest BCUT2D eigenvalue weighted by molar-refractivity contribution is 0.587. The molecule has 1 N–H and O–H groups in total. The fourth-order valence-electron chi connectivity index (χ4n) is 2.08. The molecule has 0 spiro atoms. The quantitative estimate of drug-likeness (QED) is 0.758. The summed E-state index contributed by atoms with van der Waals surface area (Å²) in [5, 5.41) is 8.36. The van der Waals surface area contributed by atoms with Gasteiger partial charge in [0.05, 0.1) is 27.1 Å². The zero-order valence-electron chi connectivity index (χ0n) is 13.3. The molecule has 2 heterocycles. The molecule has 0 saturated carbocycles. The van der Waals surface area contributed by atoms with Gasteiger partial charge in [0.15, 0.2) is 0 Å². The van der Waals surface area contributed by atoms with Crippen LogP contribution in [0.5, 0.6) is 0 Å². The summed E-state index contributed by atoms with van der Waals surface area (Å²) in [6.45, 7) is 6.44. The van der Waals surface area contributed by atoms with Crippen LogP contribution in [0.15, 0.2) is 29.2 Å². The Morgan fingerprint density at radius 3 is 2.74 bits per heavy atom. The second-order valence-electron chi connectivity index (χ2n) is 6.38. The van der Waals surface area contributed by atoms with E-state index in [0.29, 0.717) is 5.69 Å². The Hall–Kier alpha value is -1.92. The molecule has 0 aliphatic carbocycles. The van der Waals surface area contributed by atoms with E-state index >= 15 is 0 Å². The zero-order chi connectivity index (χ0) is 16.8. The maximum absolute atomic E-state index is 11.8. The van der Waals surface area contributed by atoms with Crippen molar-refractivity contribution in [3.05, 3.63) is 44.8 Å². The molecule has 0 amide bonds. The van der Waals surface area contributed by atoms with Gasteiger partial charge in [-0.15, -0.1) is 11.3 Å². The van der Waals surface area contributed by atoms with Crippen molar-refractivity contribution in [2.24, 2.45) is 7.05 Å². The van der Waals surface area contributed by atoms with E-state index in [2.05, 4.69) is 36.2 Å². The van der Waals surface area contributed by atoms with Crippen molar-refractivity contribution in [2.75, 3.05) is 5.32 Å². The predicted molar refractivity (Wildman–Crippen MR) is 96.1 cm³/mol. The first-order valence-corrected chi connectivity index (χ1v) is 8.35. The lowest BCUT2D eigenvalue weighted by atomic mass is 9.98. The van der Waals surface area contributed by atoms with Gasteiger partial charge in [0.1, 0.15) is 5.02 Å². The van der Waals surface area contributed by atoms with Crippen molar-refractivity contribution >= 4 is 44.5 Å². The molecule has 7 heteroatoms. The summed E-state index contributed by atoms with van der Waals surface area (Å²) in [5.41, 5.74) is 2.01. The van der Waals surface area contributed by atoms with Crippen LogP contribution < -0.4 is 10.9 Å². The number of hydrogen-bond acceptors (Lipinski definition) is 5. The van der Waals surface area contributed by atoms with Crippen molar-refractivity contribution in [1.29, 1.82) is 0 Å². The molecule has 120 valence electrons. The van der Waals surface area contributed by atoms with Gasteiger partial charge in [0.2, 0.25) is 0 Å². The summed E-state index contributed by atoms with van der Waals surface area (Å²) in [4.78, 5) is 16.5. The van der Waals surface area contributed by atoms with Crippen molar-refractivity contribution in [2.45, 2.75) is 26.2 Å². The molecular formula is C16H17ClN4OS. The fourth-order valence-corrected chi connectivity index (χ4v) is 3.36. The number of fused-ring (bicyclic) bond motifs is 1. The number of aryl methyl sites for hydroxylation is 1. The standard InChI is InChI=1S/C16H17ClN4OS/c1-16(2,3)15-20-10-6-5-9(7-12(10)23-15)19-11-8-18-21(4)14(22)13(11)17/h5-8,19H,1-4H3. The van der Waals surface area contributed by atoms with Crippen LogP contribution in [0.3, 0.4) is 0 Å². The second kappa shape index (κ2) is 5.62. The third kappa shape index (κ3) is 3.09. The number of anilines is 2. The van der Waals surface area contributed by atoms with Gasteiger partial charge in [0, 0.05) is 18.2 Å². The van der Waals surface area contributed by atoms with E-state index in [-0.39, 0.29) is 16.0 Å². The number of halogens is 1. The summed E-state index contributed by atoms with van der Waals surface area (Å²) < 4.78 is 2.29. The highest BCUT2D eigenvalue weighted by atomic mass is 35.5. The van der Waals surface area contributed by atoms with Crippen LogP contribution in [0.2, 0.25) is 5.02 Å². The first-order valence-electron chi connectivity index (χ1n) is 7.15. The van der Waals surface area contributed by atoms with Crippen LogP contribution in [-0.2, 0) is 12.5 Å². The topological polar surface area (TPSA) is 59.8 Å². The Balaban J connectivity index is 1.98. The minimum atomic E-state index is -0.328. The van der Waals surface area contributed by atoms with Gasteiger partial charge in [-0.05, 0) is 18.2 Å². The summed E-state index contributed by atoms with van der Waals surface area (Å²) in [7, 11) is 1.56. The Morgan fingerprint density at radius 1 is 1.30 bits per heavy atom. The molecule has 0 aliphatic rings. The third-order valence-corrected chi connectivity index (χ3v) is 5.20. The van der Waals surface area contributed by atoms with Gasteiger partial charge in [-0.25, -0.2) is 9.67 Å². The lowest BCUT2D eigenvalue weighted by Gasteiger charge is -2.13. The molecule has 3 rings (SSSR count). The number of rotatable bonds is 2.